The highest BCUT2D eigenvalue weighted by Gasteiger charge is 2.06. The lowest BCUT2D eigenvalue weighted by molar-refractivity contribution is 0.149. The zero-order valence-corrected chi connectivity index (χ0v) is 12.1. The minimum atomic E-state index is 0.636. The molecule has 20 heavy (non-hydrogen) atoms. The van der Waals surface area contributed by atoms with Crippen LogP contribution in [0, 0.1) is 6.92 Å². The summed E-state index contributed by atoms with van der Waals surface area (Å²) in [5, 5.41) is 7.31. The highest BCUT2D eigenvalue weighted by molar-refractivity contribution is 5.50. The van der Waals surface area contributed by atoms with Crippen LogP contribution in [0.1, 0.15) is 24.2 Å². The van der Waals surface area contributed by atoms with Crippen LogP contribution in [0.5, 0.6) is 0 Å². The van der Waals surface area contributed by atoms with E-state index in [0.29, 0.717) is 31.3 Å². The number of aryl methyl sites for hydroxylation is 1. The van der Waals surface area contributed by atoms with Gasteiger partial charge in [0.1, 0.15) is 0 Å². The number of nitrogens with zero attached hydrogens (tertiary/aromatic N) is 2. The molecule has 5 heteroatoms. The molecule has 0 amide bonds. The summed E-state index contributed by atoms with van der Waals surface area (Å²) in [5.74, 6) is 1.38. The number of aromatic nitrogens is 2. The molecule has 1 aromatic carbocycles. The molecule has 1 heterocycles. The molecule has 2 rings (SSSR count). The Morgan fingerprint density at radius 2 is 2.10 bits per heavy atom. The molecule has 0 unspecified atom stereocenters. The maximum Gasteiger partial charge on any atom is 0.228 e. The molecule has 0 fully saturated rings. The third-order valence-electron chi connectivity index (χ3n) is 2.98. The normalized spacial score (nSPS) is 10.7. The SMILES string of the molecule is CCOCCc1noc(CCNc2ccccc2C)n1. The molecule has 0 saturated heterocycles. The van der Waals surface area contributed by atoms with Crippen LogP contribution in [0.15, 0.2) is 28.8 Å². The van der Waals surface area contributed by atoms with Gasteiger partial charge in [0.25, 0.3) is 0 Å². The van der Waals surface area contributed by atoms with Crippen molar-refractivity contribution in [3.05, 3.63) is 41.5 Å². The van der Waals surface area contributed by atoms with Crippen molar-refractivity contribution in [3.63, 3.8) is 0 Å². The first kappa shape index (κ1) is 14.5. The second kappa shape index (κ2) is 7.65. The molecule has 0 bridgehead atoms. The van der Waals surface area contributed by atoms with E-state index in [0.717, 1.165) is 18.7 Å². The molecular weight excluding hydrogens is 254 g/mol. The van der Waals surface area contributed by atoms with Gasteiger partial charge in [0.15, 0.2) is 5.82 Å². The molecular formula is C15H21N3O2. The smallest absolute Gasteiger partial charge is 0.228 e. The average Bonchev–Trinajstić information content (AvgIpc) is 2.89. The highest BCUT2D eigenvalue weighted by atomic mass is 16.5. The summed E-state index contributed by atoms with van der Waals surface area (Å²) in [6, 6.07) is 8.20. The minimum absolute atomic E-state index is 0.636. The number of nitrogens with one attached hydrogen (secondary N) is 1. The largest absolute Gasteiger partial charge is 0.384 e. The number of hydrogen-bond acceptors (Lipinski definition) is 5. The highest BCUT2D eigenvalue weighted by Crippen LogP contribution is 2.12. The van der Waals surface area contributed by atoms with Gasteiger partial charge < -0.3 is 14.6 Å². The Bertz CT molecular complexity index is 525. The van der Waals surface area contributed by atoms with Crippen molar-refractivity contribution in [2.24, 2.45) is 0 Å². The molecule has 2 aromatic rings. The zero-order chi connectivity index (χ0) is 14.2. The van der Waals surface area contributed by atoms with Gasteiger partial charge in [-0.05, 0) is 25.5 Å². The van der Waals surface area contributed by atoms with Crippen molar-refractivity contribution in [1.82, 2.24) is 10.1 Å². The lowest BCUT2D eigenvalue weighted by atomic mass is 10.2. The van der Waals surface area contributed by atoms with Crippen LogP contribution in [-0.2, 0) is 17.6 Å². The van der Waals surface area contributed by atoms with Gasteiger partial charge >= 0.3 is 0 Å². The standard InChI is InChI=1S/C15H21N3O2/c1-3-19-11-9-14-17-15(20-18-14)8-10-16-13-7-5-4-6-12(13)2/h4-7,16H,3,8-11H2,1-2H3. The Labute approximate surface area is 119 Å². The fourth-order valence-corrected chi connectivity index (χ4v) is 1.88. The molecule has 0 spiro atoms. The van der Waals surface area contributed by atoms with E-state index in [2.05, 4.69) is 34.5 Å². The lowest BCUT2D eigenvalue weighted by Gasteiger charge is -2.07. The van der Waals surface area contributed by atoms with Crippen LogP contribution >= 0.6 is 0 Å². The van der Waals surface area contributed by atoms with Gasteiger partial charge in [-0.25, -0.2) is 0 Å². The molecule has 0 aliphatic heterocycles. The number of ether oxygens (including phenoxy) is 1. The number of para-hydroxylation sites is 1. The van der Waals surface area contributed by atoms with E-state index in [-0.39, 0.29) is 0 Å². The van der Waals surface area contributed by atoms with Gasteiger partial charge in [0, 0.05) is 31.7 Å². The molecule has 108 valence electrons. The quantitative estimate of drug-likeness (QED) is 0.750. The Kier molecular flexibility index (Phi) is 5.55. The van der Waals surface area contributed by atoms with Crippen molar-refractivity contribution in [1.29, 1.82) is 0 Å². The summed E-state index contributed by atoms with van der Waals surface area (Å²) in [5.41, 5.74) is 2.37. The molecule has 5 nitrogen and oxygen atoms in total. The summed E-state index contributed by atoms with van der Waals surface area (Å²) >= 11 is 0. The third kappa shape index (κ3) is 4.35. The van der Waals surface area contributed by atoms with Crippen molar-refractivity contribution in [2.45, 2.75) is 26.7 Å². The summed E-state index contributed by atoms with van der Waals surface area (Å²) in [6.45, 7) is 6.18. The molecule has 0 aliphatic rings. The third-order valence-corrected chi connectivity index (χ3v) is 2.98. The second-order valence-electron chi connectivity index (χ2n) is 4.54. The number of hydrogen-bond donors (Lipinski definition) is 1. The number of rotatable bonds is 8. The van der Waals surface area contributed by atoms with Crippen LogP contribution in [0.2, 0.25) is 0 Å². The van der Waals surface area contributed by atoms with Crippen LogP contribution < -0.4 is 5.32 Å². The van der Waals surface area contributed by atoms with Gasteiger partial charge in [-0.3, -0.25) is 0 Å². The molecule has 1 N–H and O–H groups in total. The van der Waals surface area contributed by atoms with E-state index >= 15 is 0 Å². The van der Waals surface area contributed by atoms with E-state index in [4.69, 9.17) is 9.26 Å². The molecule has 0 atom stereocenters. The van der Waals surface area contributed by atoms with E-state index in [1.807, 2.05) is 19.1 Å². The topological polar surface area (TPSA) is 60.2 Å². The van der Waals surface area contributed by atoms with Gasteiger partial charge in [0.05, 0.1) is 6.61 Å². The first-order chi connectivity index (χ1) is 9.79. The molecule has 0 saturated carbocycles. The fourth-order valence-electron chi connectivity index (χ4n) is 1.88. The van der Waals surface area contributed by atoms with Crippen molar-refractivity contribution >= 4 is 5.69 Å². The summed E-state index contributed by atoms with van der Waals surface area (Å²) < 4.78 is 10.5. The van der Waals surface area contributed by atoms with Crippen molar-refractivity contribution in [3.8, 4) is 0 Å². The maximum absolute atomic E-state index is 5.26. The summed E-state index contributed by atoms with van der Waals surface area (Å²) in [4.78, 5) is 4.34. The van der Waals surface area contributed by atoms with Crippen molar-refractivity contribution < 1.29 is 9.26 Å². The molecule has 0 aliphatic carbocycles. The fraction of sp³-hybridized carbons (Fsp3) is 0.467. The molecule has 0 radical (unpaired) electrons. The Hall–Kier alpha value is -1.88. The first-order valence-electron chi connectivity index (χ1n) is 6.98. The van der Waals surface area contributed by atoms with Gasteiger partial charge in [-0.1, -0.05) is 23.4 Å². The minimum Gasteiger partial charge on any atom is -0.384 e. The lowest BCUT2D eigenvalue weighted by Crippen LogP contribution is -2.06. The van der Waals surface area contributed by atoms with E-state index < -0.39 is 0 Å². The van der Waals surface area contributed by atoms with Crippen LogP contribution in [0.4, 0.5) is 5.69 Å². The van der Waals surface area contributed by atoms with Gasteiger partial charge in [0.2, 0.25) is 5.89 Å². The number of benzene rings is 1. The zero-order valence-electron chi connectivity index (χ0n) is 12.1. The number of anilines is 1. The van der Waals surface area contributed by atoms with Crippen molar-refractivity contribution in [2.75, 3.05) is 25.1 Å². The van der Waals surface area contributed by atoms with Gasteiger partial charge in [-0.2, -0.15) is 4.98 Å². The van der Waals surface area contributed by atoms with Crippen LogP contribution in [0.3, 0.4) is 0 Å². The van der Waals surface area contributed by atoms with E-state index in [1.165, 1.54) is 5.56 Å². The molecule has 1 aromatic heterocycles. The van der Waals surface area contributed by atoms with Crippen LogP contribution in [-0.4, -0.2) is 29.9 Å². The second-order valence-corrected chi connectivity index (χ2v) is 4.54. The maximum atomic E-state index is 5.26. The first-order valence-corrected chi connectivity index (χ1v) is 6.98. The Morgan fingerprint density at radius 1 is 1.25 bits per heavy atom. The van der Waals surface area contributed by atoms with Gasteiger partial charge in [-0.15, -0.1) is 0 Å². The Morgan fingerprint density at radius 3 is 2.90 bits per heavy atom. The van der Waals surface area contributed by atoms with E-state index in [9.17, 15) is 0 Å². The predicted octanol–water partition coefficient (Wildman–Crippen LogP) is 2.61. The van der Waals surface area contributed by atoms with Crippen LogP contribution in [0.25, 0.3) is 0 Å². The predicted molar refractivity (Wildman–Crippen MR) is 77.9 cm³/mol. The Balaban J connectivity index is 1.75. The average molecular weight is 275 g/mol. The summed E-state index contributed by atoms with van der Waals surface area (Å²) in [7, 11) is 0. The summed E-state index contributed by atoms with van der Waals surface area (Å²) in [6.07, 6.45) is 1.42. The monoisotopic (exact) mass is 275 g/mol. The van der Waals surface area contributed by atoms with E-state index in [1.54, 1.807) is 0 Å².